The van der Waals surface area contributed by atoms with Crippen LogP contribution in [0.2, 0.25) is 0 Å². The highest BCUT2D eigenvalue weighted by Gasteiger charge is 2.13. The lowest BCUT2D eigenvalue weighted by atomic mass is 10.1. The van der Waals surface area contributed by atoms with Gasteiger partial charge in [0.1, 0.15) is 0 Å². The number of hydrogen-bond acceptors (Lipinski definition) is 3. The van der Waals surface area contributed by atoms with Crippen molar-refractivity contribution in [3.63, 3.8) is 0 Å². The third-order valence-electron chi connectivity index (χ3n) is 4.60. The van der Waals surface area contributed by atoms with Crippen LogP contribution in [0.15, 0.2) is 60.1 Å². The first-order valence-electron chi connectivity index (χ1n) is 8.62. The summed E-state index contributed by atoms with van der Waals surface area (Å²) in [5, 5.41) is 7.83. The molecule has 0 saturated heterocycles. The molecular formula is C21H21N3S. The molecule has 0 bridgehead atoms. The summed E-state index contributed by atoms with van der Waals surface area (Å²) in [6, 6.07) is 17.2. The number of hydrogen-bond donors (Lipinski definition) is 2. The molecule has 0 aliphatic rings. The summed E-state index contributed by atoms with van der Waals surface area (Å²) in [7, 11) is 0. The minimum absolute atomic E-state index is 0.231. The van der Waals surface area contributed by atoms with Gasteiger partial charge in [0.2, 0.25) is 0 Å². The van der Waals surface area contributed by atoms with Gasteiger partial charge in [-0.1, -0.05) is 55.5 Å². The van der Waals surface area contributed by atoms with Crippen LogP contribution in [0.4, 0.5) is 5.13 Å². The Bertz CT molecular complexity index is 985. The fourth-order valence-corrected chi connectivity index (χ4v) is 4.00. The molecule has 2 N–H and O–H groups in total. The lowest BCUT2D eigenvalue weighted by molar-refractivity contribution is 0.882. The first-order valence-corrected chi connectivity index (χ1v) is 9.50. The normalized spacial score (nSPS) is 12.4. The van der Waals surface area contributed by atoms with E-state index in [-0.39, 0.29) is 6.04 Å². The molecule has 126 valence electrons. The van der Waals surface area contributed by atoms with Crippen LogP contribution in [-0.4, -0.2) is 9.97 Å². The van der Waals surface area contributed by atoms with Crippen molar-refractivity contribution in [2.75, 3.05) is 5.32 Å². The predicted octanol–water partition coefficient (Wildman–Crippen LogP) is 6.03. The van der Waals surface area contributed by atoms with Crippen molar-refractivity contribution in [1.82, 2.24) is 9.97 Å². The molecule has 0 radical (unpaired) electrons. The van der Waals surface area contributed by atoms with Gasteiger partial charge >= 0.3 is 0 Å². The van der Waals surface area contributed by atoms with Crippen molar-refractivity contribution in [2.45, 2.75) is 26.3 Å². The lowest BCUT2D eigenvalue weighted by Crippen LogP contribution is -2.05. The lowest BCUT2D eigenvalue weighted by Gasteiger charge is -2.12. The fourth-order valence-electron chi connectivity index (χ4n) is 3.20. The van der Waals surface area contributed by atoms with Gasteiger partial charge in [-0.05, 0) is 24.5 Å². The van der Waals surface area contributed by atoms with Gasteiger partial charge in [0.25, 0.3) is 0 Å². The maximum atomic E-state index is 4.81. The number of rotatable bonds is 5. The quantitative estimate of drug-likeness (QED) is 0.463. The molecule has 0 aliphatic heterocycles. The van der Waals surface area contributed by atoms with Gasteiger partial charge in [0.15, 0.2) is 5.13 Å². The zero-order chi connectivity index (χ0) is 17.2. The summed E-state index contributed by atoms with van der Waals surface area (Å²) in [5.41, 5.74) is 6.02. The Morgan fingerprint density at radius 2 is 1.96 bits per heavy atom. The van der Waals surface area contributed by atoms with E-state index < -0.39 is 0 Å². The second-order valence-corrected chi connectivity index (χ2v) is 7.07. The standard InChI is InChI=1S/C21H21N3S/c1-3-15-10-7-11-17-18(12-22-20(15)17)19-13-25-21(24-19)23-14(2)16-8-5-4-6-9-16/h4-14,22H,3H2,1-2H3,(H,23,24)/t14-/m1/s1. The molecule has 0 amide bonds. The van der Waals surface area contributed by atoms with Gasteiger partial charge in [0, 0.05) is 28.0 Å². The van der Waals surface area contributed by atoms with Crippen molar-refractivity contribution in [3.8, 4) is 11.3 Å². The predicted molar refractivity (Wildman–Crippen MR) is 107 cm³/mol. The number of aromatic nitrogens is 2. The maximum absolute atomic E-state index is 4.81. The molecule has 0 fully saturated rings. The maximum Gasteiger partial charge on any atom is 0.183 e. The molecule has 0 aliphatic carbocycles. The molecule has 25 heavy (non-hydrogen) atoms. The van der Waals surface area contributed by atoms with Gasteiger partial charge in [-0.25, -0.2) is 4.98 Å². The highest BCUT2D eigenvalue weighted by atomic mass is 32.1. The average molecular weight is 347 g/mol. The number of anilines is 1. The number of aryl methyl sites for hydroxylation is 1. The largest absolute Gasteiger partial charge is 0.360 e. The zero-order valence-corrected chi connectivity index (χ0v) is 15.2. The minimum atomic E-state index is 0.231. The van der Waals surface area contributed by atoms with Crippen molar-refractivity contribution >= 4 is 27.4 Å². The first kappa shape index (κ1) is 15.9. The van der Waals surface area contributed by atoms with E-state index in [4.69, 9.17) is 4.98 Å². The van der Waals surface area contributed by atoms with E-state index in [9.17, 15) is 0 Å². The smallest absolute Gasteiger partial charge is 0.183 e. The van der Waals surface area contributed by atoms with Crippen LogP contribution in [0.5, 0.6) is 0 Å². The van der Waals surface area contributed by atoms with E-state index in [1.54, 1.807) is 11.3 Å². The molecular weight excluding hydrogens is 326 g/mol. The topological polar surface area (TPSA) is 40.7 Å². The van der Waals surface area contributed by atoms with Crippen LogP contribution in [0.25, 0.3) is 22.2 Å². The van der Waals surface area contributed by atoms with Crippen LogP contribution < -0.4 is 5.32 Å². The Balaban J connectivity index is 1.62. The number of para-hydroxylation sites is 1. The van der Waals surface area contributed by atoms with Crippen LogP contribution in [0, 0.1) is 0 Å². The van der Waals surface area contributed by atoms with Gasteiger partial charge in [-0.15, -0.1) is 11.3 Å². The van der Waals surface area contributed by atoms with E-state index in [0.717, 1.165) is 17.2 Å². The zero-order valence-electron chi connectivity index (χ0n) is 14.4. The SMILES string of the molecule is CCc1cccc2c(-c3csc(N[C@H](C)c4ccccc4)n3)c[nH]c12. The van der Waals surface area contributed by atoms with E-state index in [1.807, 2.05) is 6.07 Å². The van der Waals surface area contributed by atoms with E-state index in [1.165, 1.54) is 27.6 Å². The molecule has 0 unspecified atom stereocenters. The van der Waals surface area contributed by atoms with E-state index >= 15 is 0 Å². The number of aromatic amines is 1. The highest BCUT2D eigenvalue weighted by Crippen LogP contribution is 2.33. The molecule has 3 nitrogen and oxygen atoms in total. The summed E-state index contributed by atoms with van der Waals surface area (Å²) in [5.74, 6) is 0. The summed E-state index contributed by atoms with van der Waals surface area (Å²) in [6.45, 7) is 4.35. The van der Waals surface area contributed by atoms with Crippen molar-refractivity contribution in [1.29, 1.82) is 0 Å². The summed E-state index contributed by atoms with van der Waals surface area (Å²) in [4.78, 5) is 8.24. The molecule has 2 heterocycles. The van der Waals surface area contributed by atoms with E-state index in [2.05, 4.69) is 78.2 Å². The number of H-pyrrole nitrogens is 1. The monoisotopic (exact) mass is 347 g/mol. The summed E-state index contributed by atoms with van der Waals surface area (Å²) < 4.78 is 0. The number of thiazole rings is 1. The fraction of sp³-hybridized carbons (Fsp3) is 0.190. The Morgan fingerprint density at radius 1 is 1.12 bits per heavy atom. The summed E-state index contributed by atoms with van der Waals surface area (Å²) in [6.07, 6.45) is 3.10. The highest BCUT2D eigenvalue weighted by molar-refractivity contribution is 7.14. The number of fused-ring (bicyclic) bond motifs is 1. The Hall–Kier alpha value is -2.59. The number of nitrogens with zero attached hydrogens (tertiary/aromatic N) is 1. The van der Waals surface area contributed by atoms with E-state index in [0.29, 0.717) is 0 Å². The number of nitrogens with one attached hydrogen (secondary N) is 2. The molecule has 4 rings (SSSR count). The number of benzene rings is 2. The Morgan fingerprint density at radius 3 is 2.76 bits per heavy atom. The van der Waals surface area contributed by atoms with Gasteiger partial charge in [-0.3, -0.25) is 0 Å². The van der Waals surface area contributed by atoms with Gasteiger partial charge in [-0.2, -0.15) is 0 Å². The average Bonchev–Trinajstić information content (AvgIpc) is 3.28. The van der Waals surface area contributed by atoms with Gasteiger partial charge < -0.3 is 10.3 Å². The Kier molecular flexibility index (Phi) is 4.28. The van der Waals surface area contributed by atoms with Gasteiger partial charge in [0.05, 0.1) is 11.7 Å². The Labute approximate surface area is 151 Å². The molecule has 2 aromatic carbocycles. The molecule has 2 aromatic heterocycles. The summed E-state index contributed by atoms with van der Waals surface area (Å²) >= 11 is 1.65. The molecule has 4 aromatic rings. The minimum Gasteiger partial charge on any atom is -0.360 e. The molecule has 0 saturated carbocycles. The third kappa shape index (κ3) is 3.05. The van der Waals surface area contributed by atoms with Crippen molar-refractivity contribution in [2.24, 2.45) is 0 Å². The molecule has 0 spiro atoms. The molecule has 4 heteroatoms. The third-order valence-corrected chi connectivity index (χ3v) is 5.38. The second-order valence-electron chi connectivity index (χ2n) is 6.21. The van der Waals surface area contributed by atoms with Crippen LogP contribution in [0.1, 0.15) is 31.0 Å². The van der Waals surface area contributed by atoms with Crippen LogP contribution in [0.3, 0.4) is 0 Å². The first-order chi connectivity index (χ1) is 12.3. The van der Waals surface area contributed by atoms with Crippen molar-refractivity contribution in [3.05, 3.63) is 71.2 Å². The van der Waals surface area contributed by atoms with Crippen molar-refractivity contribution < 1.29 is 0 Å². The second kappa shape index (κ2) is 6.73. The van der Waals surface area contributed by atoms with Crippen LogP contribution in [-0.2, 0) is 6.42 Å². The molecule has 1 atom stereocenters. The van der Waals surface area contributed by atoms with Crippen LogP contribution >= 0.6 is 11.3 Å².